The van der Waals surface area contributed by atoms with Crippen molar-refractivity contribution < 1.29 is 9.21 Å². The number of aromatic nitrogens is 1. The molecule has 0 radical (unpaired) electrons. The predicted molar refractivity (Wildman–Crippen MR) is 107 cm³/mol. The van der Waals surface area contributed by atoms with E-state index in [1.165, 1.54) is 0 Å². The molecule has 0 atom stereocenters. The fourth-order valence-corrected chi connectivity index (χ4v) is 4.36. The molecule has 1 aliphatic rings. The Kier molecular flexibility index (Phi) is 3.83. The van der Waals surface area contributed by atoms with Gasteiger partial charge in [0, 0.05) is 0 Å². The van der Waals surface area contributed by atoms with Crippen molar-refractivity contribution in [3.8, 4) is 10.8 Å². The Hall–Kier alpha value is -2.92. The largest absolute Gasteiger partial charge is 0.457 e. The summed E-state index contributed by atoms with van der Waals surface area (Å²) in [5.74, 6) is 1.55. The summed E-state index contributed by atoms with van der Waals surface area (Å²) in [5.41, 5.74) is 1.71. The van der Waals surface area contributed by atoms with Gasteiger partial charge in [0.15, 0.2) is 10.8 Å². The molecule has 1 fully saturated rings. The minimum absolute atomic E-state index is 0.0756. The standard InChI is InChI=1S/C22H18N2O2S/c25-21(22(12-13-22)15-6-2-1-3-7-15)23-14-16-10-11-18(26-16)20-24-17-8-4-5-9-19(17)27-20/h1-11H,12-14H2,(H,23,25). The van der Waals surface area contributed by atoms with Crippen LogP contribution in [0.1, 0.15) is 24.2 Å². The number of carbonyl (C=O) groups excluding carboxylic acids is 1. The van der Waals surface area contributed by atoms with Crippen LogP contribution in [0.4, 0.5) is 0 Å². The van der Waals surface area contributed by atoms with E-state index in [1.54, 1.807) is 11.3 Å². The van der Waals surface area contributed by atoms with Gasteiger partial charge in [0.25, 0.3) is 0 Å². The zero-order valence-electron chi connectivity index (χ0n) is 14.6. The third-order valence-electron chi connectivity index (χ3n) is 5.10. The number of rotatable bonds is 5. The Bertz CT molecular complexity index is 1080. The summed E-state index contributed by atoms with van der Waals surface area (Å²) in [5, 5.41) is 3.90. The molecule has 1 aliphatic carbocycles. The zero-order chi connectivity index (χ0) is 18.3. The van der Waals surface area contributed by atoms with Crippen molar-refractivity contribution in [1.29, 1.82) is 0 Å². The molecule has 0 saturated heterocycles. The monoisotopic (exact) mass is 374 g/mol. The molecule has 134 valence electrons. The Balaban J connectivity index is 1.29. The van der Waals surface area contributed by atoms with E-state index in [-0.39, 0.29) is 11.3 Å². The van der Waals surface area contributed by atoms with E-state index in [4.69, 9.17) is 4.42 Å². The molecule has 0 spiro atoms. The molecule has 0 unspecified atom stereocenters. The Morgan fingerprint density at radius 2 is 1.81 bits per heavy atom. The maximum atomic E-state index is 12.7. The van der Waals surface area contributed by atoms with Gasteiger partial charge in [-0.25, -0.2) is 4.98 Å². The number of hydrogen-bond donors (Lipinski definition) is 1. The number of nitrogens with zero attached hydrogens (tertiary/aromatic N) is 1. The Morgan fingerprint density at radius 3 is 2.59 bits per heavy atom. The lowest BCUT2D eigenvalue weighted by Crippen LogP contribution is -2.34. The second kappa shape index (κ2) is 6.35. The van der Waals surface area contributed by atoms with E-state index in [0.717, 1.165) is 45.1 Å². The molecule has 2 aromatic heterocycles. The molecular formula is C22H18N2O2S. The van der Waals surface area contributed by atoms with Crippen molar-refractivity contribution in [2.45, 2.75) is 24.8 Å². The third-order valence-corrected chi connectivity index (χ3v) is 6.15. The first kappa shape index (κ1) is 16.3. The van der Waals surface area contributed by atoms with Gasteiger partial charge in [0.2, 0.25) is 5.91 Å². The van der Waals surface area contributed by atoms with E-state index in [2.05, 4.69) is 16.4 Å². The van der Waals surface area contributed by atoms with E-state index >= 15 is 0 Å². The van der Waals surface area contributed by atoms with Crippen LogP contribution in [-0.4, -0.2) is 10.9 Å². The summed E-state index contributed by atoms with van der Waals surface area (Å²) in [6, 6.07) is 21.9. The summed E-state index contributed by atoms with van der Waals surface area (Å²) in [4.78, 5) is 17.4. The highest BCUT2D eigenvalue weighted by Gasteiger charge is 2.50. The lowest BCUT2D eigenvalue weighted by Gasteiger charge is -2.15. The number of para-hydroxylation sites is 1. The third kappa shape index (κ3) is 2.94. The van der Waals surface area contributed by atoms with Crippen LogP contribution in [0.5, 0.6) is 0 Å². The van der Waals surface area contributed by atoms with Crippen LogP contribution in [-0.2, 0) is 16.8 Å². The molecule has 4 nitrogen and oxygen atoms in total. The number of thiazole rings is 1. The molecule has 2 heterocycles. The normalized spacial score (nSPS) is 15.0. The van der Waals surface area contributed by atoms with Crippen LogP contribution in [0, 0.1) is 0 Å². The van der Waals surface area contributed by atoms with Crippen LogP contribution in [0.15, 0.2) is 71.1 Å². The second-order valence-electron chi connectivity index (χ2n) is 6.88. The molecule has 4 aromatic rings. The van der Waals surface area contributed by atoms with Crippen molar-refractivity contribution in [2.24, 2.45) is 0 Å². The zero-order valence-corrected chi connectivity index (χ0v) is 15.5. The summed E-state index contributed by atoms with van der Waals surface area (Å²) in [6.45, 7) is 0.387. The summed E-state index contributed by atoms with van der Waals surface area (Å²) in [6.07, 6.45) is 1.80. The molecule has 27 heavy (non-hydrogen) atoms. The molecule has 1 amide bonds. The number of hydrogen-bond acceptors (Lipinski definition) is 4. The predicted octanol–water partition coefficient (Wildman–Crippen LogP) is 4.90. The van der Waals surface area contributed by atoms with Crippen LogP contribution in [0.3, 0.4) is 0 Å². The van der Waals surface area contributed by atoms with Gasteiger partial charge in [-0.15, -0.1) is 11.3 Å². The van der Waals surface area contributed by atoms with Crippen LogP contribution < -0.4 is 5.32 Å². The van der Waals surface area contributed by atoms with Gasteiger partial charge in [0.05, 0.1) is 22.2 Å². The first-order valence-electron chi connectivity index (χ1n) is 9.03. The lowest BCUT2D eigenvalue weighted by atomic mass is 9.95. The van der Waals surface area contributed by atoms with Gasteiger partial charge < -0.3 is 9.73 Å². The fraction of sp³-hybridized carbons (Fsp3) is 0.182. The number of fused-ring (bicyclic) bond motifs is 1. The summed E-state index contributed by atoms with van der Waals surface area (Å²) < 4.78 is 7.06. The van der Waals surface area contributed by atoms with E-state index in [1.807, 2.05) is 60.7 Å². The maximum absolute atomic E-state index is 12.7. The van der Waals surface area contributed by atoms with E-state index in [9.17, 15) is 4.79 Å². The molecule has 1 N–H and O–H groups in total. The molecule has 1 saturated carbocycles. The average Bonchev–Trinajstić information content (AvgIpc) is 3.20. The maximum Gasteiger partial charge on any atom is 0.231 e. The highest BCUT2D eigenvalue weighted by Crippen LogP contribution is 2.48. The number of amides is 1. The number of nitrogens with one attached hydrogen (secondary N) is 1. The minimum Gasteiger partial charge on any atom is -0.457 e. The van der Waals surface area contributed by atoms with Gasteiger partial charge in [-0.2, -0.15) is 0 Å². The molecule has 0 aliphatic heterocycles. The Morgan fingerprint density at radius 1 is 1.04 bits per heavy atom. The topological polar surface area (TPSA) is 55.1 Å². The molecule has 0 bridgehead atoms. The van der Waals surface area contributed by atoms with Crippen molar-refractivity contribution in [3.63, 3.8) is 0 Å². The van der Waals surface area contributed by atoms with Gasteiger partial charge in [-0.05, 0) is 42.7 Å². The minimum atomic E-state index is -0.357. The van der Waals surface area contributed by atoms with E-state index < -0.39 is 0 Å². The van der Waals surface area contributed by atoms with Gasteiger partial charge in [-0.1, -0.05) is 42.5 Å². The smallest absolute Gasteiger partial charge is 0.231 e. The van der Waals surface area contributed by atoms with Crippen LogP contribution in [0.2, 0.25) is 0 Å². The van der Waals surface area contributed by atoms with Gasteiger partial charge in [0.1, 0.15) is 5.76 Å². The molecule has 2 aromatic carbocycles. The van der Waals surface area contributed by atoms with Crippen molar-refractivity contribution in [1.82, 2.24) is 10.3 Å². The Labute approximate surface area is 160 Å². The molecular weight excluding hydrogens is 356 g/mol. The molecule has 5 heteroatoms. The fourth-order valence-electron chi connectivity index (χ4n) is 3.43. The van der Waals surface area contributed by atoms with Gasteiger partial charge in [-0.3, -0.25) is 4.79 Å². The van der Waals surface area contributed by atoms with Crippen LogP contribution in [0.25, 0.3) is 21.0 Å². The SMILES string of the molecule is O=C(NCc1ccc(-c2nc3ccccc3s2)o1)C1(c2ccccc2)CC1. The average molecular weight is 374 g/mol. The van der Waals surface area contributed by atoms with Crippen LogP contribution >= 0.6 is 11.3 Å². The summed E-state index contributed by atoms with van der Waals surface area (Å²) in [7, 11) is 0. The van der Waals surface area contributed by atoms with Crippen molar-refractivity contribution >= 4 is 27.5 Å². The number of furan rings is 1. The highest BCUT2D eigenvalue weighted by molar-refractivity contribution is 7.21. The first-order chi connectivity index (χ1) is 13.2. The van der Waals surface area contributed by atoms with Crippen molar-refractivity contribution in [2.75, 3.05) is 0 Å². The van der Waals surface area contributed by atoms with Gasteiger partial charge >= 0.3 is 0 Å². The first-order valence-corrected chi connectivity index (χ1v) is 9.85. The number of benzene rings is 2. The van der Waals surface area contributed by atoms with Crippen molar-refractivity contribution in [3.05, 3.63) is 78.1 Å². The second-order valence-corrected chi connectivity index (χ2v) is 7.91. The summed E-state index contributed by atoms with van der Waals surface area (Å²) >= 11 is 1.61. The highest BCUT2D eigenvalue weighted by atomic mass is 32.1. The quantitative estimate of drug-likeness (QED) is 0.540. The lowest BCUT2D eigenvalue weighted by molar-refractivity contribution is -0.123. The number of carbonyl (C=O) groups is 1. The molecule has 5 rings (SSSR count). The van der Waals surface area contributed by atoms with E-state index in [0.29, 0.717) is 6.54 Å².